The minimum absolute atomic E-state index is 0.0541. The molecule has 74 valence electrons. The van der Waals surface area contributed by atoms with Gasteiger partial charge in [-0.05, 0) is 5.53 Å². The minimum atomic E-state index is -1.24. The average Bonchev–Trinajstić information content (AvgIpc) is 2.13. The van der Waals surface area contributed by atoms with Crippen LogP contribution < -0.4 is 0 Å². The van der Waals surface area contributed by atoms with Gasteiger partial charge in [-0.1, -0.05) is 5.11 Å². The molecule has 1 heterocycles. The first-order valence-corrected chi connectivity index (χ1v) is 3.83. The molecule has 1 saturated heterocycles. The lowest BCUT2D eigenvalue weighted by Gasteiger charge is -2.34. The van der Waals surface area contributed by atoms with Crippen LogP contribution >= 0.6 is 0 Å². The van der Waals surface area contributed by atoms with Crippen LogP contribution in [0.3, 0.4) is 0 Å². The molecule has 1 aliphatic rings. The van der Waals surface area contributed by atoms with Gasteiger partial charge in [-0.25, -0.2) is 0 Å². The molecule has 0 spiro atoms. The van der Waals surface area contributed by atoms with Crippen molar-refractivity contribution in [3.05, 3.63) is 10.4 Å². The fourth-order valence-electron chi connectivity index (χ4n) is 1.14. The van der Waals surface area contributed by atoms with Crippen molar-refractivity contribution in [2.75, 3.05) is 13.2 Å². The lowest BCUT2D eigenvalue weighted by atomic mass is 10.0. The summed E-state index contributed by atoms with van der Waals surface area (Å²) < 4.78 is 4.95. The van der Waals surface area contributed by atoms with Crippen molar-refractivity contribution in [2.24, 2.45) is 5.11 Å². The van der Waals surface area contributed by atoms with Crippen molar-refractivity contribution in [1.82, 2.24) is 0 Å². The third kappa shape index (κ3) is 2.30. The summed E-state index contributed by atoms with van der Waals surface area (Å²) >= 11 is 0. The first-order valence-electron chi connectivity index (χ1n) is 3.83. The van der Waals surface area contributed by atoms with Crippen LogP contribution in [0.15, 0.2) is 5.11 Å². The van der Waals surface area contributed by atoms with Crippen molar-refractivity contribution in [2.45, 2.75) is 24.4 Å². The fraction of sp³-hybridized carbons (Fsp3) is 1.00. The second-order valence-electron chi connectivity index (χ2n) is 2.83. The summed E-state index contributed by atoms with van der Waals surface area (Å²) in [5.41, 5.74) is 8.01. The quantitative estimate of drug-likeness (QED) is 0.286. The summed E-state index contributed by atoms with van der Waals surface area (Å²) in [6.07, 6.45) is -4.28. The number of aliphatic hydroxyl groups excluding tert-OH is 3. The largest absolute Gasteiger partial charge is 0.388 e. The summed E-state index contributed by atoms with van der Waals surface area (Å²) in [5.74, 6) is 0. The molecular formula is C6H11N3O4. The van der Waals surface area contributed by atoms with E-state index in [4.69, 9.17) is 15.4 Å². The topological polar surface area (TPSA) is 119 Å². The zero-order chi connectivity index (χ0) is 9.84. The molecule has 4 atom stereocenters. The predicted octanol–water partition coefficient (Wildman–Crippen LogP) is -1.22. The molecule has 7 nitrogen and oxygen atoms in total. The molecule has 0 saturated carbocycles. The Kier molecular flexibility index (Phi) is 3.47. The summed E-state index contributed by atoms with van der Waals surface area (Å²) in [6.45, 7) is -0.120. The van der Waals surface area contributed by atoms with Gasteiger partial charge in [0.2, 0.25) is 0 Å². The van der Waals surface area contributed by atoms with Gasteiger partial charge in [0.25, 0.3) is 0 Å². The van der Waals surface area contributed by atoms with Crippen LogP contribution in [0.1, 0.15) is 0 Å². The molecule has 0 aromatic carbocycles. The van der Waals surface area contributed by atoms with E-state index in [1.807, 2.05) is 0 Å². The van der Waals surface area contributed by atoms with Crippen molar-refractivity contribution < 1.29 is 20.1 Å². The SMILES string of the molecule is [N-]=[N+]=NCC1OCC(O)[C@@H](O)[C@H]1O. The molecule has 0 aromatic heterocycles. The van der Waals surface area contributed by atoms with Crippen molar-refractivity contribution >= 4 is 0 Å². The van der Waals surface area contributed by atoms with Crippen molar-refractivity contribution in [3.63, 3.8) is 0 Å². The Morgan fingerprint density at radius 3 is 2.69 bits per heavy atom. The van der Waals surface area contributed by atoms with E-state index < -0.39 is 24.4 Å². The Hall–Kier alpha value is -0.850. The van der Waals surface area contributed by atoms with E-state index in [1.54, 1.807) is 0 Å². The second kappa shape index (κ2) is 4.40. The third-order valence-corrected chi connectivity index (χ3v) is 1.93. The van der Waals surface area contributed by atoms with E-state index in [1.165, 1.54) is 0 Å². The van der Waals surface area contributed by atoms with Gasteiger partial charge < -0.3 is 20.1 Å². The van der Waals surface area contributed by atoms with Gasteiger partial charge in [0.05, 0.1) is 19.3 Å². The predicted molar refractivity (Wildman–Crippen MR) is 41.8 cm³/mol. The highest BCUT2D eigenvalue weighted by Gasteiger charge is 2.36. The second-order valence-corrected chi connectivity index (χ2v) is 2.83. The van der Waals surface area contributed by atoms with Crippen LogP contribution in [0.4, 0.5) is 0 Å². The van der Waals surface area contributed by atoms with Crippen LogP contribution in [0, 0.1) is 0 Å². The first kappa shape index (κ1) is 10.2. The normalized spacial score (nSPS) is 39.6. The number of azide groups is 1. The summed E-state index contributed by atoms with van der Waals surface area (Å²) in [6, 6.07) is 0. The highest BCUT2D eigenvalue weighted by Crippen LogP contribution is 2.15. The van der Waals surface area contributed by atoms with Crippen molar-refractivity contribution in [3.8, 4) is 0 Å². The highest BCUT2D eigenvalue weighted by atomic mass is 16.5. The van der Waals surface area contributed by atoms with E-state index in [0.29, 0.717) is 0 Å². The molecule has 0 radical (unpaired) electrons. The van der Waals surface area contributed by atoms with Gasteiger partial charge in [-0.15, -0.1) is 0 Å². The number of aliphatic hydroxyl groups is 3. The maximum Gasteiger partial charge on any atom is 0.111 e. The van der Waals surface area contributed by atoms with Crippen LogP contribution in [-0.4, -0.2) is 52.9 Å². The van der Waals surface area contributed by atoms with Crippen LogP contribution in [-0.2, 0) is 4.74 Å². The molecule has 0 aliphatic carbocycles. The van der Waals surface area contributed by atoms with Crippen LogP contribution in [0.2, 0.25) is 0 Å². The maximum absolute atomic E-state index is 9.32. The number of hydrogen-bond acceptors (Lipinski definition) is 5. The Morgan fingerprint density at radius 2 is 2.08 bits per heavy atom. The highest BCUT2D eigenvalue weighted by molar-refractivity contribution is 4.87. The lowest BCUT2D eigenvalue weighted by Crippen LogP contribution is -2.53. The van der Waals surface area contributed by atoms with E-state index >= 15 is 0 Å². The van der Waals surface area contributed by atoms with Gasteiger partial charge in [-0.3, -0.25) is 0 Å². The number of hydrogen-bond donors (Lipinski definition) is 3. The molecule has 1 rings (SSSR count). The molecule has 0 amide bonds. The van der Waals surface area contributed by atoms with Gasteiger partial charge in [0, 0.05) is 4.91 Å². The molecule has 7 heteroatoms. The third-order valence-electron chi connectivity index (χ3n) is 1.93. The van der Waals surface area contributed by atoms with Crippen LogP contribution in [0.25, 0.3) is 10.4 Å². The monoisotopic (exact) mass is 189 g/mol. The number of nitrogens with zero attached hydrogens (tertiary/aromatic N) is 3. The summed E-state index contributed by atoms with van der Waals surface area (Å²) in [7, 11) is 0. The average molecular weight is 189 g/mol. The first-order chi connectivity index (χ1) is 6.16. The summed E-state index contributed by atoms with van der Waals surface area (Å²) in [4.78, 5) is 2.50. The van der Waals surface area contributed by atoms with E-state index in [9.17, 15) is 10.2 Å². The van der Waals surface area contributed by atoms with Gasteiger partial charge >= 0.3 is 0 Å². The molecule has 1 aliphatic heterocycles. The fourth-order valence-corrected chi connectivity index (χ4v) is 1.14. The molecule has 13 heavy (non-hydrogen) atoms. The lowest BCUT2D eigenvalue weighted by molar-refractivity contribution is -0.183. The Labute approximate surface area is 74.2 Å². The Balaban J connectivity index is 2.53. The standard InChI is InChI=1S/C6H11N3O4/c7-9-8-1-4-6(12)5(11)3(10)2-13-4/h3-6,10-12H,1-2H2/t3?,4?,5-,6+/m1/s1. The molecule has 3 N–H and O–H groups in total. The molecular weight excluding hydrogens is 178 g/mol. The molecule has 1 fully saturated rings. The zero-order valence-electron chi connectivity index (χ0n) is 6.82. The Bertz CT molecular complexity index is 218. The number of rotatable bonds is 2. The van der Waals surface area contributed by atoms with Gasteiger partial charge in [0.1, 0.15) is 18.3 Å². The van der Waals surface area contributed by atoms with E-state index in [2.05, 4.69) is 10.0 Å². The molecule has 0 bridgehead atoms. The smallest absolute Gasteiger partial charge is 0.111 e. The van der Waals surface area contributed by atoms with Crippen molar-refractivity contribution in [1.29, 1.82) is 0 Å². The minimum Gasteiger partial charge on any atom is -0.388 e. The summed E-state index contributed by atoms with van der Waals surface area (Å²) in [5, 5.41) is 30.8. The molecule has 2 unspecified atom stereocenters. The van der Waals surface area contributed by atoms with Gasteiger partial charge in [-0.2, -0.15) is 0 Å². The maximum atomic E-state index is 9.32. The zero-order valence-corrected chi connectivity index (χ0v) is 6.82. The van der Waals surface area contributed by atoms with E-state index in [-0.39, 0.29) is 13.2 Å². The molecule has 0 aromatic rings. The Morgan fingerprint density at radius 1 is 1.38 bits per heavy atom. The van der Waals surface area contributed by atoms with Gasteiger partial charge in [0.15, 0.2) is 0 Å². The van der Waals surface area contributed by atoms with Crippen LogP contribution in [0.5, 0.6) is 0 Å². The van der Waals surface area contributed by atoms with E-state index in [0.717, 1.165) is 0 Å². The number of ether oxygens (including phenoxy) is 1.